The molecule has 8 nitrogen and oxygen atoms in total. The van der Waals surface area contributed by atoms with Crippen LogP contribution in [0, 0.1) is 13.8 Å². The number of carbonyl (C=O) groups is 1. The van der Waals surface area contributed by atoms with Gasteiger partial charge in [0.15, 0.2) is 5.65 Å². The Morgan fingerprint density at radius 2 is 1.90 bits per heavy atom. The van der Waals surface area contributed by atoms with Crippen LogP contribution in [0.2, 0.25) is 0 Å². The lowest BCUT2D eigenvalue weighted by molar-refractivity contribution is 0.0952. The third-order valence-corrected chi connectivity index (χ3v) is 5.43. The molecule has 29 heavy (non-hydrogen) atoms. The highest BCUT2D eigenvalue weighted by Crippen LogP contribution is 2.22. The number of amides is 1. The minimum atomic E-state index is -0.116. The van der Waals surface area contributed by atoms with Crippen LogP contribution in [0.5, 0.6) is 0 Å². The monoisotopic (exact) mass is 393 g/mol. The minimum absolute atomic E-state index is 0.116. The second-order valence-corrected chi connectivity index (χ2v) is 7.71. The molecule has 0 bridgehead atoms. The fourth-order valence-corrected chi connectivity index (χ4v) is 3.81. The molecule has 4 rings (SSSR count). The molecule has 1 N–H and O–H groups in total. The average molecular weight is 393 g/mol. The van der Waals surface area contributed by atoms with Gasteiger partial charge in [-0.3, -0.25) is 9.48 Å². The normalized spacial score (nSPS) is 15.1. The Morgan fingerprint density at radius 3 is 2.66 bits per heavy atom. The van der Waals surface area contributed by atoms with Crippen molar-refractivity contribution < 1.29 is 4.79 Å². The molecule has 1 amide bonds. The number of nitrogens with zero attached hydrogens (tertiary/aromatic N) is 6. The fourth-order valence-electron chi connectivity index (χ4n) is 3.81. The van der Waals surface area contributed by atoms with E-state index in [0.717, 1.165) is 60.0 Å². The number of fused-ring (bicyclic) bond motifs is 1. The summed E-state index contributed by atoms with van der Waals surface area (Å²) in [5.74, 6) is 0.852. The van der Waals surface area contributed by atoms with E-state index in [1.165, 1.54) is 0 Å². The molecule has 8 heteroatoms. The predicted octanol–water partition coefficient (Wildman–Crippen LogP) is 1.66. The molecule has 3 aromatic rings. The molecule has 1 aliphatic rings. The topological polar surface area (TPSA) is 79.2 Å². The summed E-state index contributed by atoms with van der Waals surface area (Å²) in [6.07, 6.45) is 1.81. The van der Waals surface area contributed by atoms with E-state index in [1.807, 2.05) is 39.2 Å². The Hall–Kier alpha value is -3.00. The zero-order valence-corrected chi connectivity index (χ0v) is 17.4. The van der Waals surface area contributed by atoms with Gasteiger partial charge in [0.05, 0.1) is 16.6 Å². The number of piperazine rings is 1. The summed E-state index contributed by atoms with van der Waals surface area (Å²) in [7, 11) is 3.98. The number of rotatable bonds is 4. The van der Waals surface area contributed by atoms with Gasteiger partial charge in [-0.1, -0.05) is 0 Å². The van der Waals surface area contributed by atoms with Gasteiger partial charge in [-0.15, -0.1) is 0 Å². The van der Waals surface area contributed by atoms with Crippen LogP contribution < -0.4 is 10.2 Å². The van der Waals surface area contributed by atoms with Crippen LogP contribution in [-0.4, -0.2) is 63.8 Å². The van der Waals surface area contributed by atoms with Crippen molar-refractivity contribution in [1.82, 2.24) is 30.0 Å². The molecular weight excluding hydrogens is 366 g/mol. The lowest BCUT2D eigenvalue weighted by Crippen LogP contribution is -2.44. The molecular formula is C21H27N7O. The number of aryl methyl sites for hydroxylation is 3. The maximum absolute atomic E-state index is 13.0. The maximum Gasteiger partial charge on any atom is 0.252 e. The molecule has 1 saturated heterocycles. The standard InChI is InChI=1S/C21H27N7O/c1-14-11-17(19-15(2)25-27(4)20(19)24-14)21(29)23-13-16-5-6-22-18(12-16)28-9-7-26(3)8-10-28/h5-6,11-12H,7-10,13H2,1-4H3,(H,23,29). The number of hydrogen-bond donors (Lipinski definition) is 1. The maximum atomic E-state index is 13.0. The Kier molecular flexibility index (Phi) is 5.19. The molecule has 4 heterocycles. The summed E-state index contributed by atoms with van der Waals surface area (Å²) in [5.41, 5.74) is 3.99. The van der Waals surface area contributed by atoms with Crippen LogP contribution >= 0.6 is 0 Å². The number of nitrogens with one attached hydrogen (secondary N) is 1. The SMILES string of the molecule is Cc1cc(C(=O)NCc2ccnc(N3CCN(C)CC3)c2)c2c(C)nn(C)c2n1. The van der Waals surface area contributed by atoms with E-state index in [1.54, 1.807) is 4.68 Å². The summed E-state index contributed by atoms with van der Waals surface area (Å²) in [4.78, 5) is 26.6. The van der Waals surface area contributed by atoms with E-state index >= 15 is 0 Å². The van der Waals surface area contributed by atoms with Crippen molar-refractivity contribution >= 4 is 22.8 Å². The summed E-state index contributed by atoms with van der Waals surface area (Å²) >= 11 is 0. The molecule has 0 spiro atoms. The number of aromatic nitrogens is 4. The minimum Gasteiger partial charge on any atom is -0.354 e. The lowest BCUT2D eigenvalue weighted by Gasteiger charge is -2.33. The van der Waals surface area contributed by atoms with Gasteiger partial charge in [-0.05, 0) is 44.7 Å². The van der Waals surface area contributed by atoms with Crippen molar-refractivity contribution in [2.24, 2.45) is 7.05 Å². The van der Waals surface area contributed by atoms with Crippen LogP contribution in [0.25, 0.3) is 11.0 Å². The molecule has 152 valence electrons. The van der Waals surface area contributed by atoms with Crippen LogP contribution in [0.4, 0.5) is 5.82 Å². The van der Waals surface area contributed by atoms with Gasteiger partial charge in [0.1, 0.15) is 5.82 Å². The third-order valence-electron chi connectivity index (χ3n) is 5.43. The van der Waals surface area contributed by atoms with Crippen LogP contribution in [-0.2, 0) is 13.6 Å². The lowest BCUT2D eigenvalue weighted by atomic mass is 10.1. The van der Waals surface area contributed by atoms with E-state index in [0.29, 0.717) is 12.1 Å². The van der Waals surface area contributed by atoms with Crippen molar-refractivity contribution in [2.75, 3.05) is 38.1 Å². The van der Waals surface area contributed by atoms with Gasteiger partial charge in [-0.2, -0.15) is 5.10 Å². The largest absolute Gasteiger partial charge is 0.354 e. The molecule has 0 atom stereocenters. The zero-order chi connectivity index (χ0) is 20.5. The van der Waals surface area contributed by atoms with Gasteiger partial charge in [0.25, 0.3) is 5.91 Å². The Labute approximate surface area is 170 Å². The first-order chi connectivity index (χ1) is 13.9. The van der Waals surface area contributed by atoms with Crippen LogP contribution in [0.3, 0.4) is 0 Å². The van der Waals surface area contributed by atoms with E-state index in [4.69, 9.17) is 0 Å². The fraction of sp³-hybridized carbons (Fsp3) is 0.429. The van der Waals surface area contributed by atoms with Crippen molar-refractivity contribution in [3.63, 3.8) is 0 Å². The molecule has 0 aliphatic carbocycles. The van der Waals surface area contributed by atoms with Crippen LogP contribution in [0.1, 0.15) is 27.3 Å². The Bertz CT molecular complexity index is 1050. The summed E-state index contributed by atoms with van der Waals surface area (Å²) in [6.45, 7) is 8.24. The summed E-state index contributed by atoms with van der Waals surface area (Å²) in [6, 6.07) is 5.84. The smallest absolute Gasteiger partial charge is 0.252 e. The van der Waals surface area contributed by atoms with Gasteiger partial charge >= 0.3 is 0 Å². The second kappa shape index (κ2) is 7.79. The molecule has 1 aliphatic heterocycles. The molecule has 0 radical (unpaired) electrons. The van der Waals surface area contributed by atoms with Gasteiger partial charge in [-0.25, -0.2) is 9.97 Å². The highest BCUT2D eigenvalue weighted by molar-refractivity contribution is 6.06. The van der Waals surface area contributed by atoms with E-state index < -0.39 is 0 Å². The van der Waals surface area contributed by atoms with E-state index in [-0.39, 0.29) is 5.91 Å². The second-order valence-electron chi connectivity index (χ2n) is 7.71. The first-order valence-corrected chi connectivity index (χ1v) is 9.90. The highest BCUT2D eigenvalue weighted by Gasteiger charge is 2.18. The molecule has 0 aromatic carbocycles. The van der Waals surface area contributed by atoms with Crippen molar-refractivity contribution in [3.8, 4) is 0 Å². The first kappa shape index (κ1) is 19.3. The number of likely N-dealkylation sites (N-methyl/N-ethyl adjacent to an activating group) is 1. The number of anilines is 1. The van der Waals surface area contributed by atoms with Gasteiger partial charge in [0, 0.05) is 51.7 Å². The van der Waals surface area contributed by atoms with Gasteiger partial charge in [0.2, 0.25) is 0 Å². The highest BCUT2D eigenvalue weighted by atomic mass is 16.1. The first-order valence-electron chi connectivity index (χ1n) is 9.90. The van der Waals surface area contributed by atoms with Crippen molar-refractivity contribution in [1.29, 1.82) is 0 Å². The van der Waals surface area contributed by atoms with Crippen molar-refractivity contribution in [3.05, 3.63) is 46.9 Å². The Balaban J connectivity index is 1.51. The number of carbonyl (C=O) groups excluding carboxylic acids is 1. The van der Waals surface area contributed by atoms with Crippen LogP contribution in [0.15, 0.2) is 24.4 Å². The average Bonchev–Trinajstić information content (AvgIpc) is 2.99. The summed E-state index contributed by atoms with van der Waals surface area (Å²) < 4.78 is 1.72. The third kappa shape index (κ3) is 3.93. The molecule has 0 unspecified atom stereocenters. The Morgan fingerprint density at radius 1 is 1.14 bits per heavy atom. The molecule has 0 saturated carbocycles. The van der Waals surface area contributed by atoms with Crippen molar-refractivity contribution in [2.45, 2.75) is 20.4 Å². The number of hydrogen-bond acceptors (Lipinski definition) is 6. The quantitative estimate of drug-likeness (QED) is 0.726. The summed E-state index contributed by atoms with van der Waals surface area (Å²) in [5, 5.41) is 8.28. The number of pyridine rings is 2. The van der Waals surface area contributed by atoms with E-state index in [2.05, 4.69) is 43.3 Å². The van der Waals surface area contributed by atoms with E-state index in [9.17, 15) is 4.79 Å². The van der Waals surface area contributed by atoms with Gasteiger partial charge < -0.3 is 15.1 Å². The zero-order valence-electron chi connectivity index (χ0n) is 17.4. The molecule has 3 aromatic heterocycles. The predicted molar refractivity (Wildman–Crippen MR) is 113 cm³/mol. The molecule has 1 fully saturated rings.